The van der Waals surface area contributed by atoms with Crippen molar-refractivity contribution in [2.45, 2.75) is 13.0 Å². The van der Waals surface area contributed by atoms with Crippen LogP contribution in [0, 0.1) is 12.7 Å². The van der Waals surface area contributed by atoms with E-state index in [0.717, 1.165) is 5.56 Å². The molecular formula is C10H11ClFNO2. The molecule has 1 N–H and O–H groups in total. The van der Waals surface area contributed by atoms with Crippen molar-refractivity contribution in [2.24, 2.45) is 0 Å². The Labute approximate surface area is 93.0 Å². The van der Waals surface area contributed by atoms with Gasteiger partial charge in [-0.3, -0.25) is 0 Å². The lowest BCUT2D eigenvalue weighted by molar-refractivity contribution is 0.177. The van der Waals surface area contributed by atoms with Crippen LogP contribution in [0.5, 0.6) is 0 Å². The van der Waals surface area contributed by atoms with Gasteiger partial charge in [0.1, 0.15) is 12.4 Å². The number of carbonyl (C=O) groups excluding carboxylic acids is 1. The maximum atomic E-state index is 13.2. The topological polar surface area (TPSA) is 38.3 Å². The summed E-state index contributed by atoms with van der Waals surface area (Å²) in [5, 5.41) is 2.61. The molecule has 0 aliphatic carbocycles. The van der Waals surface area contributed by atoms with Crippen LogP contribution in [0.3, 0.4) is 0 Å². The first-order valence-corrected chi connectivity index (χ1v) is 4.37. The summed E-state index contributed by atoms with van der Waals surface area (Å²) in [6.07, 6.45) is -0.446. The number of halogens is 2. The molecule has 0 bridgehead atoms. The molecule has 3 nitrogen and oxygen atoms in total. The number of ether oxygens (including phenoxy) is 1. The van der Waals surface area contributed by atoms with Crippen molar-refractivity contribution < 1.29 is 13.9 Å². The first kappa shape index (κ1) is 11.8. The molecule has 0 radical (unpaired) electrons. The summed E-state index contributed by atoms with van der Waals surface area (Å²) in [6, 6.07) is 4.59. The Morgan fingerprint density at radius 1 is 1.53 bits per heavy atom. The van der Waals surface area contributed by atoms with Gasteiger partial charge in [-0.1, -0.05) is 12.1 Å². The first-order valence-electron chi connectivity index (χ1n) is 4.37. The van der Waals surface area contributed by atoms with Gasteiger partial charge in [-0.15, -0.1) is 12.4 Å². The van der Waals surface area contributed by atoms with Crippen LogP contribution in [0.15, 0.2) is 18.2 Å². The summed E-state index contributed by atoms with van der Waals surface area (Å²) < 4.78 is 17.9. The number of hydrogen-bond acceptors (Lipinski definition) is 2. The molecule has 1 aromatic carbocycles. The molecule has 1 aliphatic heterocycles. The molecule has 0 aromatic heterocycles. The molecule has 0 spiro atoms. The fraction of sp³-hybridized carbons (Fsp3) is 0.300. The van der Waals surface area contributed by atoms with Crippen LogP contribution in [0.4, 0.5) is 9.18 Å². The molecule has 1 heterocycles. The fourth-order valence-electron chi connectivity index (χ4n) is 1.55. The second-order valence-electron chi connectivity index (χ2n) is 3.25. The minimum Gasteiger partial charge on any atom is -0.447 e. The van der Waals surface area contributed by atoms with E-state index in [1.807, 2.05) is 0 Å². The molecule has 1 aromatic rings. The molecule has 5 heteroatoms. The zero-order valence-electron chi connectivity index (χ0n) is 8.12. The summed E-state index contributed by atoms with van der Waals surface area (Å²) in [5.41, 5.74) is 1.33. The molecule has 0 saturated carbocycles. The average molecular weight is 232 g/mol. The molecule has 1 saturated heterocycles. The van der Waals surface area contributed by atoms with Crippen molar-refractivity contribution in [1.29, 1.82) is 0 Å². The Morgan fingerprint density at radius 2 is 2.27 bits per heavy atom. The summed E-state index contributed by atoms with van der Waals surface area (Å²) in [6.45, 7) is 1.96. The van der Waals surface area contributed by atoms with E-state index >= 15 is 0 Å². The fourth-order valence-corrected chi connectivity index (χ4v) is 1.55. The third kappa shape index (κ3) is 2.21. The second-order valence-corrected chi connectivity index (χ2v) is 3.25. The Bertz CT molecular complexity index is 384. The van der Waals surface area contributed by atoms with Gasteiger partial charge in [-0.2, -0.15) is 0 Å². The number of benzene rings is 1. The van der Waals surface area contributed by atoms with Gasteiger partial charge < -0.3 is 10.1 Å². The van der Waals surface area contributed by atoms with Gasteiger partial charge in [-0.25, -0.2) is 9.18 Å². The van der Waals surface area contributed by atoms with Crippen LogP contribution in [-0.4, -0.2) is 12.7 Å². The third-order valence-electron chi connectivity index (χ3n) is 2.36. The van der Waals surface area contributed by atoms with Crippen molar-refractivity contribution in [2.75, 3.05) is 6.61 Å². The van der Waals surface area contributed by atoms with E-state index in [1.54, 1.807) is 19.1 Å². The van der Waals surface area contributed by atoms with E-state index in [-0.39, 0.29) is 30.9 Å². The van der Waals surface area contributed by atoms with Crippen LogP contribution in [-0.2, 0) is 4.74 Å². The highest BCUT2D eigenvalue weighted by Gasteiger charge is 2.25. The van der Waals surface area contributed by atoms with E-state index in [9.17, 15) is 9.18 Å². The highest BCUT2D eigenvalue weighted by atomic mass is 35.5. The summed E-state index contributed by atoms with van der Waals surface area (Å²) >= 11 is 0. The average Bonchev–Trinajstić information content (AvgIpc) is 2.57. The van der Waals surface area contributed by atoms with Crippen LogP contribution < -0.4 is 5.32 Å². The molecule has 82 valence electrons. The highest BCUT2D eigenvalue weighted by molar-refractivity contribution is 5.85. The van der Waals surface area contributed by atoms with Crippen LogP contribution in [0.2, 0.25) is 0 Å². The minimum absolute atomic E-state index is 0. The van der Waals surface area contributed by atoms with E-state index < -0.39 is 6.09 Å². The van der Waals surface area contributed by atoms with Crippen LogP contribution in [0.1, 0.15) is 17.2 Å². The van der Waals surface area contributed by atoms with Crippen LogP contribution in [0.25, 0.3) is 0 Å². The Kier molecular flexibility index (Phi) is 3.52. The molecule has 15 heavy (non-hydrogen) atoms. The lowest BCUT2D eigenvalue weighted by Gasteiger charge is -2.11. The van der Waals surface area contributed by atoms with Crippen molar-refractivity contribution in [3.8, 4) is 0 Å². The van der Waals surface area contributed by atoms with Gasteiger partial charge >= 0.3 is 6.09 Å². The number of carbonyl (C=O) groups is 1. The third-order valence-corrected chi connectivity index (χ3v) is 2.36. The van der Waals surface area contributed by atoms with Crippen molar-refractivity contribution >= 4 is 18.5 Å². The van der Waals surface area contributed by atoms with Gasteiger partial charge in [0, 0.05) is 0 Å². The van der Waals surface area contributed by atoms with Crippen molar-refractivity contribution in [3.63, 3.8) is 0 Å². The van der Waals surface area contributed by atoms with Crippen LogP contribution >= 0.6 is 12.4 Å². The van der Waals surface area contributed by atoms with E-state index in [0.29, 0.717) is 5.56 Å². The Hall–Kier alpha value is -1.29. The molecule has 0 unspecified atom stereocenters. The summed E-state index contributed by atoms with van der Waals surface area (Å²) in [7, 11) is 0. The maximum Gasteiger partial charge on any atom is 0.407 e. The van der Waals surface area contributed by atoms with Crippen molar-refractivity contribution in [3.05, 3.63) is 35.1 Å². The van der Waals surface area contributed by atoms with Gasteiger partial charge in [0.05, 0.1) is 6.04 Å². The maximum absolute atomic E-state index is 13.2. The molecule has 2 rings (SSSR count). The molecule has 1 amide bonds. The highest BCUT2D eigenvalue weighted by Crippen LogP contribution is 2.22. The smallest absolute Gasteiger partial charge is 0.407 e. The van der Waals surface area contributed by atoms with Crippen molar-refractivity contribution in [1.82, 2.24) is 5.32 Å². The molecule has 1 aliphatic rings. The normalized spacial score (nSPS) is 19.1. The molecule has 1 fully saturated rings. The number of rotatable bonds is 1. The minimum atomic E-state index is -0.446. The summed E-state index contributed by atoms with van der Waals surface area (Å²) in [5.74, 6) is -0.261. The Morgan fingerprint density at radius 3 is 2.87 bits per heavy atom. The monoisotopic (exact) mass is 231 g/mol. The SMILES string of the molecule is Cc1c(F)cccc1[C@@H]1COC(=O)N1.Cl. The zero-order valence-corrected chi connectivity index (χ0v) is 8.94. The molecule has 1 atom stereocenters. The summed E-state index contributed by atoms with van der Waals surface area (Å²) in [4.78, 5) is 10.8. The molecular weight excluding hydrogens is 221 g/mol. The largest absolute Gasteiger partial charge is 0.447 e. The van der Waals surface area contributed by atoms with Gasteiger partial charge in [0.25, 0.3) is 0 Å². The number of nitrogens with one attached hydrogen (secondary N) is 1. The number of alkyl carbamates (subject to hydrolysis) is 1. The van der Waals surface area contributed by atoms with Gasteiger partial charge in [0.15, 0.2) is 0 Å². The number of amides is 1. The second kappa shape index (κ2) is 4.49. The van der Waals surface area contributed by atoms with E-state index in [4.69, 9.17) is 4.74 Å². The quantitative estimate of drug-likeness (QED) is 0.806. The predicted molar refractivity (Wildman–Crippen MR) is 55.6 cm³/mol. The predicted octanol–water partition coefficient (Wildman–Crippen LogP) is 2.34. The van der Waals surface area contributed by atoms with Gasteiger partial charge in [-0.05, 0) is 24.1 Å². The lowest BCUT2D eigenvalue weighted by atomic mass is 10.0. The van der Waals surface area contributed by atoms with Gasteiger partial charge in [0.2, 0.25) is 0 Å². The van der Waals surface area contributed by atoms with E-state index in [1.165, 1.54) is 6.07 Å². The number of cyclic esters (lactones) is 1. The Balaban J connectivity index is 0.00000112. The zero-order chi connectivity index (χ0) is 10.1. The lowest BCUT2D eigenvalue weighted by Crippen LogP contribution is -2.19. The first-order chi connectivity index (χ1) is 6.68. The number of hydrogen-bond donors (Lipinski definition) is 1. The van der Waals surface area contributed by atoms with E-state index in [2.05, 4.69) is 5.32 Å². The standard InChI is InChI=1S/C10H10FNO2.ClH/c1-6-7(3-2-4-8(6)11)9-5-14-10(13)12-9;/h2-4,9H,5H2,1H3,(H,12,13);1H/t9-;/m0./s1.